The van der Waals surface area contributed by atoms with Gasteiger partial charge in [-0.15, -0.1) is 0 Å². The second-order valence-electron chi connectivity index (χ2n) is 3.62. The maximum Gasteiger partial charge on any atom is 0.0446 e. The molecule has 4 heteroatoms. The van der Waals surface area contributed by atoms with Crippen molar-refractivity contribution in [3.8, 4) is 0 Å². The molecule has 0 fully saturated rings. The summed E-state index contributed by atoms with van der Waals surface area (Å²) in [5.74, 6) is 0. The topological polar surface area (TPSA) is 12.0 Å². The number of aryl methyl sites for hydroxylation is 1. The molecule has 0 aliphatic carbocycles. The van der Waals surface area contributed by atoms with Crippen molar-refractivity contribution in [1.29, 1.82) is 0 Å². The van der Waals surface area contributed by atoms with Gasteiger partial charge in [0.25, 0.3) is 0 Å². The van der Waals surface area contributed by atoms with E-state index in [1.165, 1.54) is 4.90 Å². The van der Waals surface area contributed by atoms with Gasteiger partial charge < -0.3 is 4.72 Å². The van der Waals surface area contributed by atoms with Crippen LogP contribution in [0, 0.1) is 6.92 Å². The largest absolute Gasteiger partial charge is 0.326 e. The molecule has 1 N–H and O–H groups in total. The zero-order valence-corrected chi connectivity index (χ0v) is 12.4. The van der Waals surface area contributed by atoms with Gasteiger partial charge in [0.1, 0.15) is 0 Å². The number of rotatable bonds is 3. The van der Waals surface area contributed by atoms with Gasteiger partial charge >= 0.3 is 0 Å². The fraction of sp³-hybridized carbons (Fsp3) is 0.0769. The Morgan fingerprint density at radius 1 is 1.12 bits per heavy atom. The second kappa shape index (κ2) is 5.80. The van der Waals surface area contributed by atoms with E-state index >= 15 is 0 Å². The van der Waals surface area contributed by atoms with Gasteiger partial charge in [-0.05, 0) is 66.9 Å². The number of halogens is 2. The minimum atomic E-state index is 0.796. The summed E-state index contributed by atoms with van der Waals surface area (Å²) < 4.78 is 4.38. The summed E-state index contributed by atoms with van der Waals surface area (Å²) in [5.41, 5.74) is 2.13. The fourth-order valence-corrected chi connectivity index (χ4v) is 2.35. The molecule has 0 aliphatic rings. The van der Waals surface area contributed by atoms with Gasteiger partial charge in [0.05, 0.1) is 0 Å². The molecule has 0 unspecified atom stereocenters. The summed E-state index contributed by atoms with van der Waals surface area (Å²) in [6.07, 6.45) is 0. The van der Waals surface area contributed by atoms with Gasteiger partial charge in [-0.1, -0.05) is 27.5 Å². The molecule has 88 valence electrons. The Bertz CT molecular complexity index is 513. The van der Waals surface area contributed by atoms with Crippen LogP contribution in [0.15, 0.2) is 51.8 Å². The highest BCUT2D eigenvalue weighted by Gasteiger charge is 1.98. The quantitative estimate of drug-likeness (QED) is 0.743. The highest BCUT2D eigenvalue weighted by Crippen LogP contribution is 2.25. The van der Waals surface area contributed by atoms with E-state index in [4.69, 9.17) is 11.6 Å². The molecule has 0 spiro atoms. The van der Waals surface area contributed by atoms with Gasteiger partial charge in [0, 0.05) is 20.1 Å². The summed E-state index contributed by atoms with van der Waals surface area (Å²) in [5, 5.41) is 0.796. The third kappa shape index (κ3) is 3.66. The van der Waals surface area contributed by atoms with Crippen LogP contribution in [0.25, 0.3) is 0 Å². The maximum absolute atomic E-state index is 5.98. The Hall–Kier alpha value is -0.640. The molecule has 0 saturated heterocycles. The van der Waals surface area contributed by atoms with Gasteiger partial charge in [-0.25, -0.2) is 0 Å². The lowest BCUT2D eigenvalue weighted by molar-refractivity contribution is 1.44. The predicted octanol–water partition coefficient (Wildman–Crippen LogP) is 5.53. The van der Waals surface area contributed by atoms with Crippen molar-refractivity contribution < 1.29 is 0 Å². The molecule has 2 aromatic rings. The van der Waals surface area contributed by atoms with Crippen molar-refractivity contribution in [1.82, 2.24) is 0 Å². The van der Waals surface area contributed by atoms with E-state index in [0.29, 0.717) is 0 Å². The molecule has 0 radical (unpaired) electrons. The van der Waals surface area contributed by atoms with E-state index in [1.54, 1.807) is 11.9 Å². The molecule has 0 aromatic heterocycles. The third-order valence-corrected chi connectivity index (χ3v) is 4.06. The summed E-state index contributed by atoms with van der Waals surface area (Å²) in [6.45, 7) is 2.00. The van der Waals surface area contributed by atoms with Crippen LogP contribution in [-0.2, 0) is 0 Å². The van der Waals surface area contributed by atoms with Gasteiger partial charge in [0.15, 0.2) is 0 Å². The van der Waals surface area contributed by atoms with Gasteiger partial charge in [0.2, 0.25) is 0 Å². The molecular weight excluding hydrogens is 318 g/mol. The summed E-state index contributed by atoms with van der Waals surface area (Å²) in [7, 11) is 0. The maximum atomic E-state index is 5.98. The molecule has 0 saturated carbocycles. The van der Waals surface area contributed by atoms with E-state index < -0.39 is 0 Å². The molecule has 0 amide bonds. The lowest BCUT2D eigenvalue weighted by Gasteiger charge is -2.07. The number of nitrogens with one attached hydrogen (secondary N) is 1. The highest BCUT2D eigenvalue weighted by molar-refractivity contribution is 9.10. The molecule has 0 bridgehead atoms. The lowest BCUT2D eigenvalue weighted by atomic mass is 10.2. The average Bonchev–Trinajstić information content (AvgIpc) is 2.33. The zero-order valence-electron chi connectivity index (χ0n) is 9.21. The van der Waals surface area contributed by atoms with Gasteiger partial charge in [-0.2, -0.15) is 0 Å². The van der Waals surface area contributed by atoms with Crippen LogP contribution >= 0.6 is 39.5 Å². The van der Waals surface area contributed by atoms with Crippen molar-refractivity contribution in [2.24, 2.45) is 0 Å². The normalized spacial score (nSPS) is 10.3. The van der Waals surface area contributed by atoms with Crippen molar-refractivity contribution in [2.45, 2.75) is 11.8 Å². The minimum Gasteiger partial charge on any atom is -0.326 e. The SMILES string of the molecule is Cc1cc(NSc2ccc(Br)cc2)ccc1Cl. The van der Waals surface area contributed by atoms with Crippen molar-refractivity contribution in [2.75, 3.05) is 4.72 Å². The lowest BCUT2D eigenvalue weighted by Crippen LogP contribution is -1.87. The molecule has 1 nitrogen and oxygen atoms in total. The van der Waals surface area contributed by atoms with Crippen molar-refractivity contribution >= 4 is 45.2 Å². The number of hydrogen-bond acceptors (Lipinski definition) is 2. The highest BCUT2D eigenvalue weighted by atomic mass is 79.9. The molecule has 2 rings (SSSR count). The summed E-state index contributed by atoms with van der Waals surface area (Å²) >= 11 is 11.0. The first kappa shape index (κ1) is 12.8. The van der Waals surface area contributed by atoms with Crippen molar-refractivity contribution in [3.63, 3.8) is 0 Å². The van der Waals surface area contributed by atoms with Crippen LogP contribution in [0.4, 0.5) is 5.69 Å². The number of anilines is 1. The van der Waals surface area contributed by atoms with Crippen LogP contribution < -0.4 is 4.72 Å². The molecule has 2 aromatic carbocycles. The zero-order chi connectivity index (χ0) is 12.3. The first-order chi connectivity index (χ1) is 8.15. The predicted molar refractivity (Wildman–Crippen MR) is 79.8 cm³/mol. The average molecular weight is 329 g/mol. The molecule has 0 heterocycles. The molecule has 0 aliphatic heterocycles. The van der Waals surface area contributed by atoms with Crippen LogP contribution in [0.2, 0.25) is 5.02 Å². The van der Waals surface area contributed by atoms with Crippen LogP contribution in [0.3, 0.4) is 0 Å². The van der Waals surface area contributed by atoms with Crippen LogP contribution in [-0.4, -0.2) is 0 Å². The van der Waals surface area contributed by atoms with E-state index in [-0.39, 0.29) is 0 Å². The van der Waals surface area contributed by atoms with Crippen LogP contribution in [0.5, 0.6) is 0 Å². The van der Waals surface area contributed by atoms with E-state index in [9.17, 15) is 0 Å². The molecular formula is C13H11BrClNS. The summed E-state index contributed by atoms with van der Waals surface area (Å²) in [6, 6.07) is 14.1. The van der Waals surface area contributed by atoms with E-state index in [0.717, 1.165) is 20.7 Å². The smallest absolute Gasteiger partial charge is 0.0446 e. The monoisotopic (exact) mass is 327 g/mol. The molecule has 0 atom stereocenters. The van der Waals surface area contributed by atoms with E-state index in [2.05, 4.69) is 32.8 Å². The Labute approximate surface area is 119 Å². The Morgan fingerprint density at radius 2 is 1.82 bits per heavy atom. The Morgan fingerprint density at radius 3 is 2.47 bits per heavy atom. The second-order valence-corrected chi connectivity index (χ2v) is 5.82. The standard InChI is InChI=1S/C13H11BrClNS/c1-9-8-11(4-7-13(9)15)16-17-12-5-2-10(14)3-6-12/h2-8,16H,1H3. The first-order valence-electron chi connectivity index (χ1n) is 5.10. The number of benzene rings is 2. The van der Waals surface area contributed by atoms with Gasteiger partial charge in [-0.3, -0.25) is 0 Å². The fourth-order valence-electron chi connectivity index (χ4n) is 1.33. The third-order valence-electron chi connectivity index (χ3n) is 2.26. The Balaban J connectivity index is 2.02. The number of hydrogen-bond donors (Lipinski definition) is 1. The summed E-state index contributed by atoms with van der Waals surface area (Å²) in [4.78, 5) is 1.17. The Kier molecular flexibility index (Phi) is 4.37. The van der Waals surface area contributed by atoms with E-state index in [1.807, 2.05) is 37.3 Å². The van der Waals surface area contributed by atoms with Crippen molar-refractivity contribution in [3.05, 3.63) is 57.5 Å². The minimum absolute atomic E-state index is 0.796. The van der Waals surface area contributed by atoms with Crippen LogP contribution in [0.1, 0.15) is 5.56 Å². The molecule has 17 heavy (non-hydrogen) atoms. The first-order valence-corrected chi connectivity index (χ1v) is 7.08.